The highest BCUT2D eigenvalue weighted by Gasteiger charge is 2.25. The molecular weight excluding hydrogens is 378 g/mol. The number of hydrogen-bond donors (Lipinski definition) is 4. The summed E-state index contributed by atoms with van der Waals surface area (Å²) in [5.41, 5.74) is 4.95. The monoisotopic (exact) mass is 395 g/mol. The molecule has 11 nitrogen and oxygen atoms in total. The van der Waals surface area contributed by atoms with Crippen molar-refractivity contribution in [1.29, 1.82) is 0 Å². The number of carbonyl (C=O) groups is 4. The molecule has 12 heteroatoms. The molecule has 0 fully saturated rings. The van der Waals surface area contributed by atoms with Crippen LogP contribution in [-0.2, 0) is 14.4 Å². The van der Waals surface area contributed by atoms with Gasteiger partial charge >= 0.3 is 0 Å². The maximum Gasteiger partial charge on any atom is 0.270 e. The zero-order valence-electron chi connectivity index (χ0n) is 14.2. The number of nitrogens with two attached hydrogens (primary N) is 1. The Bertz CT molecular complexity index is 814. The van der Waals surface area contributed by atoms with E-state index in [-0.39, 0.29) is 17.0 Å². The van der Waals surface area contributed by atoms with Crippen molar-refractivity contribution in [3.8, 4) is 0 Å². The van der Waals surface area contributed by atoms with Gasteiger partial charge in [-0.25, -0.2) is 0 Å². The second-order valence-electron chi connectivity index (χ2n) is 5.68. The number of carbonyl (C=O) groups excluding carboxylic acids is 4. The van der Waals surface area contributed by atoms with Gasteiger partial charge in [0.25, 0.3) is 11.6 Å². The first-order valence-corrected chi connectivity index (χ1v) is 8.76. The minimum absolute atomic E-state index is 0.00264. The van der Waals surface area contributed by atoms with Crippen molar-refractivity contribution in [2.45, 2.75) is 23.9 Å². The summed E-state index contributed by atoms with van der Waals surface area (Å²) in [6.07, 6.45) is 0. The Kier molecular flexibility index (Phi) is 6.34. The number of nitrogens with one attached hydrogen (secondary N) is 3. The van der Waals surface area contributed by atoms with Gasteiger partial charge < -0.3 is 21.7 Å². The zero-order valence-corrected chi connectivity index (χ0v) is 15.0. The number of rotatable bonds is 2. The van der Waals surface area contributed by atoms with Gasteiger partial charge in [-0.2, -0.15) is 0 Å². The van der Waals surface area contributed by atoms with E-state index in [1.807, 2.05) is 0 Å². The lowest BCUT2D eigenvalue weighted by atomic mass is 10.1. The Morgan fingerprint density at radius 3 is 2.63 bits per heavy atom. The Morgan fingerprint density at radius 1 is 1.30 bits per heavy atom. The highest BCUT2D eigenvalue weighted by molar-refractivity contribution is 7.99. The number of amides is 4. The lowest BCUT2D eigenvalue weighted by Crippen LogP contribution is -2.51. The molecule has 144 valence electrons. The number of nitro groups is 1. The molecule has 1 aromatic rings. The standard InChI is InChI=1S/C15H17N5O6S/c1-7-14(23)17-5-12(21)19-10(13(16)22)6-27-11-3-2-8(20(25)26)4-9(11)15(24)18-7/h2-4,7,10H,5-6H2,1H3,(H2,16,22)(H,17,23)(H,18,24)(H,19,21)/t7-,10?/m0/s1. The first-order valence-electron chi connectivity index (χ1n) is 7.77. The van der Waals surface area contributed by atoms with Crippen LogP contribution in [0.1, 0.15) is 17.3 Å². The molecule has 2 atom stereocenters. The molecule has 0 radical (unpaired) electrons. The molecule has 1 aliphatic heterocycles. The van der Waals surface area contributed by atoms with Crippen molar-refractivity contribution in [2.75, 3.05) is 12.3 Å². The summed E-state index contributed by atoms with van der Waals surface area (Å²) in [6, 6.07) is 1.62. The lowest BCUT2D eigenvalue weighted by Gasteiger charge is -2.15. The summed E-state index contributed by atoms with van der Waals surface area (Å²) in [6.45, 7) is 1.01. The summed E-state index contributed by atoms with van der Waals surface area (Å²) >= 11 is 1.03. The van der Waals surface area contributed by atoms with Gasteiger partial charge in [0, 0.05) is 22.8 Å². The molecule has 1 unspecified atom stereocenters. The van der Waals surface area contributed by atoms with Crippen LogP contribution < -0.4 is 21.7 Å². The van der Waals surface area contributed by atoms with Crippen LogP contribution in [0, 0.1) is 10.1 Å². The molecule has 5 N–H and O–H groups in total. The van der Waals surface area contributed by atoms with E-state index in [2.05, 4.69) is 16.0 Å². The van der Waals surface area contributed by atoms with Crippen LogP contribution in [0.4, 0.5) is 5.69 Å². The van der Waals surface area contributed by atoms with Crippen molar-refractivity contribution in [2.24, 2.45) is 5.73 Å². The van der Waals surface area contributed by atoms with E-state index in [0.717, 1.165) is 17.8 Å². The fourth-order valence-corrected chi connectivity index (χ4v) is 3.27. The van der Waals surface area contributed by atoms with Gasteiger partial charge in [0.1, 0.15) is 12.1 Å². The zero-order chi connectivity index (χ0) is 20.1. The molecular formula is C15H17N5O6S. The molecule has 0 saturated heterocycles. The van der Waals surface area contributed by atoms with E-state index >= 15 is 0 Å². The number of hydrogen-bond acceptors (Lipinski definition) is 7. The summed E-state index contributed by atoms with van der Waals surface area (Å²) in [5.74, 6) is -2.73. The third kappa shape index (κ3) is 5.17. The number of non-ortho nitro benzene ring substituents is 1. The normalized spacial score (nSPS) is 21.3. The van der Waals surface area contributed by atoms with Crippen LogP contribution in [-0.4, -0.2) is 52.9 Å². The topological polar surface area (TPSA) is 174 Å². The molecule has 1 aliphatic rings. The van der Waals surface area contributed by atoms with Crippen molar-refractivity contribution in [1.82, 2.24) is 16.0 Å². The Balaban J connectivity index is 2.43. The van der Waals surface area contributed by atoms with E-state index in [4.69, 9.17) is 5.73 Å². The van der Waals surface area contributed by atoms with E-state index in [0.29, 0.717) is 4.90 Å². The van der Waals surface area contributed by atoms with Crippen LogP contribution in [0.3, 0.4) is 0 Å². The Labute approximate surface area is 157 Å². The molecule has 4 amide bonds. The predicted molar refractivity (Wildman–Crippen MR) is 94.9 cm³/mol. The second-order valence-corrected chi connectivity index (χ2v) is 6.75. The number of benzene rings is 1. The third-order valence-electron chi connectivity index (χ3n) is 3.67. The maximum absolute atomic E-state index is 12.5. The highest BCUT2D eigenvalue weighted by Crippen LogP contribution is 2.27. The maximum atomic E-state index is 12.5. The van der Waals surface area contributed by atoms with Gasteiger partial charge in [0.15, 0.2) is 0 Å². The van der Waals surface area contributed by atoms with Crippen LogP contribution >= 0.6 is 11.8 Å². The van der Waals surface area contributed by atoms with Crippen molar-refractivity contribution in [3.05, 3.63) is 33.9 Å². The van der Waals surface area contributed by atoms with E-state index in [9.17, 15) is 29.3 Å². The molecule has 1 heterocycles. The van der Waals surface area contributed by atoms with Crippen molar-refractivity contribution >= 4 is 41.1 Å². The fraction of sp³-hybridized carbons (Fsp3) is 0.333. The Morgan fingerprint density at radius 2 is 2.00 bits per heavy atom. The average Bonchev–Trinajstić information content (AvgIpc) is 2.62. The smallest absolute Gasteiger partial charge is 0.270 e. The van der Waals surface area contributed by atoms with Gasteiger partial charge in [-0.05, 0) is 13.0 Å². The highest BCUT2D eigenvalue weighted by atomic mass is 32.2. The van der Waals surface area contributed by atoms with E-state index < -0.39 is 47.2 Å². The lowest BCUT2D eigenvalue weighted by molar-refractivity contribution is -0.384. The molecule has 27 heavy (non-hydrogen) atoms. The van der Waals surface area contributed by atoms with Crippen LogP contribution in [0.25, 0.3) is 0 Å². The molecule has 1 aromatic carbocycles. The van der Waals surface area contributed by atoms with Gasteiger partial charge in [-0.1, -0.05) is 0 Å². The number of fused-ring (bicyclic) bond motifs is 1. The van der Waals surface area contributed by atoms with Gasteiger partial charge in [-0.15, -0.1) is 11.8 Å². The fourth-order valence-electron chi connectivity index (χ4n) is 2.21. The summed E-state index contributed by atoms with van der Waals surface area (Å²) in [7, 11) is 0. The second kappa shape index (κ2) is 8.49. The third-order valence-corrected chi connectivity index (χ3v) is 4.83. The predicted octanol–water partition coefficient (Wildman–Crippen LogP) is -1.09. The molecule has 0 bridgehead atoms. The van der Waals surface area contributed by atoms with Crippen LogP contribution in [0.15, 0.2) is 23.1 Å². The quantitative estimate of drug-likeness (QED) is 0.363. The minimum atomic E-state index is -1.05. The van der Waals surface area contributed by atoms with Crippen LogP contribution in [0.2, 0.25) is 0 Å². The number of nitrogens with zero attached hydrogens (tertiary/aromatic N) is 1. The number of thioether (sulfide) groups is 1. The van der Waals surface area contributed by atoms with Gasteiger partial charge in [0.2, 0.25) is 17.7 Å². The number of primary amides is 1. The molecule has 0 spiro atoms. The summed E-state index contributed by atoms with van der Waals surface area (Å²) in [4.78, 5) is 58.6. The summed E-state index contributed by atoms with van der Waals surface area (Å²) < 4.78 is 0. The molecule has 2 rings (SSSR count). The molecule has 0 aromatic heterocycles. The average molecular weight is 395 g/mol. The largest absolute Gasteiger partial charge is 0.368 e. The SMILES string of the molecule is C[C@@H]1NC(=O)c2cc([N+](=O)[O-])ccc2SCC(C(N)=O)NC(=O)CNC1=O. The number of nitro benzene ring substituents is 1. The van der Waals surface area contributed by atoms with E-state index in [1.165, 1.54) is 19.1 Å². The first-order chi connectivity index (χ1) is 12.7. The molecule has 0 aliphatic carbocycles. The van der Waals surface area contributed by atoms with Crippen molar-refractivity contribution in [3.63, 3.8) is 0 Å². The first kappa shape index (κ1) is 20.2. The van der Waals surface area contributed by atoms with Crippen molar-refractivity contribution < 1.29 is 24.1 Å². The Hall–Kier alpha value is -3.15. The van der Waals surface area contributed by atoms with Gasteiger partial charge in [-0.3, -0.25) is 29.3 Å². The minimum Gasteiger partial charge on any atom is -0.368 e. The molecule has 0 saturated carbocycles. The van der Waals surface area contributed by atoms with Crippen LogP contribution in [0.5, 0.6) is 0 Å². The summed E-state index contributed by atoms with van der Waals surface area (Å²) in [5, 5.41) is 18.2. The van der Waals surface area contributed by atoms with Gasteiger partial charge in [0.05, 0.1) is 17.0 Å². The van der Waals surface area contributed by atoms with E-state index in [1.54, 1.807) is 0 Å².